The Hall–Kier alpha value is 0.0400. The molecule has 0 aromatic heterocycles. The molecule has 16 heavy (non-hydrogen) atoms. The fourth-order valence-corrected chi connectivity index (χ4v) is 3.71. The molecule has 0 amide bonds. The minimum Gasteiger partial charge on any atom is -0.207 e. The highest BCUT2D eigenvalue weighted by atomic mass is 79.9. The number of alkyl halides is 2. The van der Waals surface area contributed by atoms with Gasteiger partial charge in [0, 0.05) is 16.7 Å². The van der Waals surface area contributed by atoms with Crippen molar-refractivity contribution in [3.63, 3.8) is 0 Å². The van der Waals surface area contributed by atoms with Gasteiger partial charge >= 0.3 is 0 Å². The largest absolute Gasteiger partial charge is 0.207 e. The zero-order valence-electron chi connectivity index (χ0n) is 9.07. The first-order chi connectivity index (χ1) is 7.55. The Morgan fingerprint density at radius 3 is 1.94 bits per heavy atom. The van der Waals surface area contributed by atoms with Gasteiger partial charge in [-0.1, -0.05) is 38.8 Å². The van der Waals surface area contributed by atoms with Crippen LogP contribution in [-0.4, -0.2) is 10.7 Å². The Kier molecular flexibility index (Phi) is 5.38. The highest BCUT2D eigenvalue weighted by Gasteiger charge is 2.26. The van der Waals surface area contributed by atoms with E-state index < -0.39 is 11.6 Å². The molecule has 0 N–H and O–H groups in total. The maximum Gasteiger partial charge on any atom is 0.126 e. The van der Waals surface area contributed by atoms with Crippen LogP contribution in [0.4, 0.5) is 8.78 Å². The zero-order valence-corrected chi connectivity index (χ0v) is 12.2. The van der Waals surface area contributed by atoms with Crippen LogP contribution in [0.1, 0.15) is 18.9 Å². The predicted octanol–water partition coefficient (Wildman–Crippen LogP) is 4.69. The molecule has 1 rings (SSSR count). The van der Waals surface area contributed by atoms with Gasteiger partial charge in [-0.25, -0.2) is 8.78 Å². The van der Waals surface area contributed by atoms with E-state index >= 15 is 0 Å². The van der Waals surface area contributed by atoms with Gasteiger partial charge < -0.3 is 0 Å². The molecular weight excluding hydrogens is 342 g/mol. The first-order valence-corrected chi connectivity index (χ1v) is 7.36. The first kappa shape index (κ1) is 14.1. The molecule has 0 aliphatic heterocycles. The van der Waals surface area contributed by atoms with E-state index in [0.29, 0.717) is 12.0 Å². The lowest BCUT2D eigenvalue weighted by molar-refractivity contribution is 0.372. The molecule has 0 fully saturated rings. The third-order valence-electron chi connectivity index (χ3n) is 2.82. The fraction of sp³-hybridized carbons (Fsp3) is 0.500. The number of hydrogen-bond acceptors (Lipinski definition) is 0. The summed E-state index contributed by atoms with van der Waals surface area (Å²) < 4.78 is 26.1. The molecule has 0 saturated heterocycles. The molecule has 0 nitrogen and oxygen atoms in total. The molecule has 0 spiro atoms. The van der Waals surface area contributed by atoms with Crippen molar-refractivity contribution >= 4 is 31.9 Å². The summed E-state index contributed by atoms with van der Waals surface area (Å²) in [5.41, 5.74) is 0.721. The van der Waals surface area contributed by atoms with Crippen molar-refractivity contribution in [1.29, 1.82) is 0 Å². The van der Waals surface area contributed by atoms with Crippen molar-refractivity contribution in [3.8, 4) is 0 Å². The molecule has 0 aliphatic rings. The fourth-order valence-electron chi connectivity index (χ4n) is 1.59. The van der Waals surface area contributed by atoms with Crippen LogP contribution in [0.5, 0.6) is 0 Å². The van der Waals surface area contributed by atoms with Crippen LogP contribution in [-0.2, 0) is 6.42 Å². The average molecular weight is 356 g/mol. The SMILES string of the molecule is CCC(CBr)(CBr)Cc1cc(F)cc(F)c1. The standard InChI is InChI=1S/C12H14Br2F2/c1-2-12(7-13,8-14)6-9-3-10(15)5-11(16)4-9/h3-5H,2,6-8H2,1H3. The highest BCUT2D eigenvalue weighted by molar-refractivity contribution is 9.09. The van der Waals surface area contributed by atoms with Crippen molar-refractivity contribution in [2.75, 3.05) is 10.7 Å². The van der Waals surface area contributed by atoms with Gasteiger partial charge in [-0.2, -0.15) is 0 Å². The normalized spacial score (nSPS) is 11.8. The van der Waals surface area contributed by atoms with E-state index in [4.69, 9.17) is 0 Å². The summed E-state index contributed by atoms with van der Waals surface area (Å²) in [6, 6.07) is 3.71. The first-order valence-electron chi connectivity index (χ1n) is 5.12. The molecule has 1 aromatic rings. The van der Waals surface area contributed by atoms with E-state index in [9.17, 15) is 8.78 Å². The van der Waals surface area contributed by atoms with Crippen LogP contribution in [0.25, 0.3) is 0 Å². The lowest BCUT2D eigenvalue weighted by Crippen LogP contribution is -2.26. The number of rotatable bonds is 5. The molecule has 0 aliphatic carbocycles. The Morgan fingerprint density at radius 2 is 1.56 bits per heavy atom. The van der Waals surface area contributed by atoms with E-state index in [1.54, 1.807) is 0 Å². The van der Waals surface area contributed by atoms with Crippen molar-refractivity contribution < 1.29 is 8.78 Å². The Labute approximate surface area is 112 Å². The second-order valence-corrected chi connectivity index (χ2v) is 5.20. The molecule has 0 radical (unpaired) electrons. The number of hydrogen-bond donors (Lipinski definition) is 0. The monoisotopic (exact) mass is 354 g/mol. The zero-order chi connectivity index (χ0) is 12.2. The maximum atomic E-state index is 13.1. The van der Waals surface area contributed by atoms with E-state index in [0.717, 1.165) is 23.1 Å². The molecule has 0 bridgehead atoms. The van der Waals surface area contributed by atoms with Gasteiger partial charge in [-0.15, -0.1) is 0 Å². The average Bonchev–Trinajstić information content (AvgIpc) is 2.25. The highest BCUT2D eigenvalue weighted by Crippen LogP contribution is 2.32. The number of benzene rings is 1. The third-order valence-corrected chi connectivity index (χ3v) is 5.20. The summed E-state index contributed by atoms with van der Waals surface area (Å²) in [6.45, 7) is 2.08. The van der Waals surface area contributed by atoms with Gasteiger partial charge in [-0.3, -0.25) is 0 Å². The van der Waals surface area contributed by atoms with Crippen molar-refractivity contribution in [2.24, 2.45) is 5.41 Å². The van der Waals surface area contributed by atoms with Crippen LogP contribution in [0, 0.1) is 17.0 Å². The Morgan fingerprint density at radius 1 is 1.06 bits per heavy atom. The molecular formula is C12H14Br2F2. The van der Waals surface area contributed by atoms with Crippen LogP contribution in [0.3, 0.4) is 0 Å². The molecule has 90 valence electrons. The van der Waals surface area contributed by atoms with E-state index in [1.165, 1.54) is 12.1 Å². The van der Waals surface area contributed by atoms with Crippen molar-refractivity contribution in [2.45, 2.75) is 19.8 Å². The van der Waals surface area contributed by atoms with Gasteiger partial charge in [0.15, 0.2) is 0 Å². The minimum atomic E-state index is -0.510. The number of halogens is 4. The van der Waals surface area contributed by atoms with Crippen molar-refractivity contribution in [1.82, 2.24) is 0 Å². The molecule has 0 saturated carbocycles. The third kappa shape index (κ3) is 3.52. The smallest absolute Gasteiger partial charge is 0.126 e. The minimum absolute atomic E-state index is 0.0141. The van der Waals surface area contributed by atoms with Gasteiger partial charge in [0.2, 0.25) is 0 Å². The summed E-state index contributed by atoms with van der Waals surface area (Å²) in [5, 5.41) is 1.61. The van der Waals surface area contributed by atoms with E-state index in [-0.39, 0.29) is 5.41 Å². The van der Waals surface area contributed by atoms with Gasteiger partial charge in [-0.05, 0) is 36.0 Å². The second kappa shape index (κ2) is 6.10. The van der Waals surface area contributed by atoms with Crippen LogP contribution >= 0.6 is 31.9 Å². The van der Waals surface area contributed by atoms with Crippen LogP contribution < -0.4 is 0 Å². The van der Waals surface area contributed by atoms with Crippen LogP contribution in [0.15, 0.2) is 18.2 Å². The molecule has 0 unspecified atom stereocenters. The Balaban J connectivity index is 2.93. The van der Waals surface area contributed by atoms with Crippen LogP contribution in [0.2, 0.25) is 0 Å². The summed E-state index contributed by atoms with van der Waals surface area (Å²) in [4.78, 5) is 0. The van der Waals surface area contributed by atoms with E-state index in [2.05, 4.69) is 38.8 Å². The molecule has 0 atom stereocenters. The van der Waals surface area contributed by atoms with E-state index in [1.807, 2.05) is 0 Å². The molecule has 1 aromatic carbocycles. The maximum absolute atomic E-state index is 13.1. The van der Waals surface area contributed by atoms with Gasteiger partial charge in [0.25, 0.3) is 0 Å². The predicted molar refractivity (Wildman–Crippen MR) is 70.4 cm³/mol. The van der Waals surface area contributed by atoms with Gasteiger partial charge in [0.1, 0.15) is 11.6 Å². The van der Waals surface area contributed by atoms with Gasteiger partial charge in [0.05, 0.1) is 0 Å². The molecule has 0 heterocycles. The summed E-state index contributed by atoms with van der Waals surface area (Å²) >= 11 is 6.94. The lowest BCUT2D eigenvalue weighted by Gasteiger charge is -2.28. The van der Waals surface area contributed by atoms with Crippen molar-refractivity contribution in [3.05, 3.63) is 35.4 Å². The lowest BCUT2D eigenvalue weighted by atomic mass is 9.83. The molecule has 4 heteroatoms. The second-order valence-electron chi connectivity index (χ2n) is 4.08. The summed E-state index contributed by atoms with van der Waals surface area (Å²) in [7, 11) is 0. The topological polar surface area (TPSA) is 0 Å². The summed E-state index contributed by atoms with van der Waals surface area (Å²) in [6.07, 6.45) is 1.61. The quantitative estimate of drug-likeness (QED) is 0.672. The Bertz CT molecular complexity index is 320. The summed E-state index contributed by atoms with van der Waals surface area (Å²) in [5.74, 6) is -1.02.